The van der Waals surface area contributed by atoms with Crippen LogP contribution in [0.2, 0.25) is 5.02 Å². The number of para-hydroxylation sites is 1. The van der Waals surface area contributed by atoms with E-state index >= 15 is 0 Å². The lowest BCUT2D eigenvalue weighted by Crippen LogP contribution is -2.22. The molecule has 4 aromatic rings. The molecule has 2 aromatic heterocycles. The average molecular weight is 400 g/mol. The van der Waals surface area contributed by atoms with E-state index in [-0.39, 0.29) is 6.04 Å². The third kappa shape index (κ3) is 3.31. The molecule has 5 rings (SSSR count). The molecule has 1 aliphatic rings. The van der Waals surface area contributed by atoms with Crippen molar-refractivity contribution in [3.05, 3.63) is 94.1 Å². The quantitative estimate of drug-likeness (QED) is 0.402. The van der Waals surface area contributed by atoms with E-state index < -0.39 is 0 Å². The molecule has 29 heavy (non-hydrogen) atoms. The predicted octanol–water partition coefficient (Wildman–Crippen LogP) is 6.34. The number of halogens is 1. The Bertz CT molecular complexity index is 1190. The normalized spacial score (nSPS) is 14.9. The van der Waals surface area contributed by atoms with E-state index in [0.29, 0.717) is 5.02 Å². The number of hydrogen-bond acceptors (Lipinski definition) is 3. The van der Waals surface area contributed by atoms with E-state index in [2.05, 4.69) is 48.2 Å². The first-order chi connectivity index (χ1) is 14.1. The predicted molar refractivity (Wildman–Crippen MR) is 119 cm³/mol. The summed E-state index contributed by atoms with van der Waals surface area (Å²) >= 11 is 6.47. The lowest BCUT2D eigenvalue weighted by atomic mass is 10.00. The molecule has 1 aliphatic heterocycles. The smallest absolute Gasteiger partial charge is 0.0942 e. The second kappa shape index (κ2) is 7.25. The first-order valence-electron chi connectivity index (χ1n) is 9.94. The first kappa shape index (κ1) is 18.3. The zero-order valence-corrected chi connectivity index (χ0v) is 17.3. The van der Waals surface area contributed by atoms with Crippen LogP contribution in [0.4, 0.5) is 0 Å². The van der Waals surface area contributed by atoms with Gasteiger partial charge in [-0.3, -0.25) is 9.88 Å². The van der Waals surface area contributed by atoms with Crippen LogP contribution < -0.4 is 0 Å². The van der Waals surface area contributed by atoms with Crippen molar-refractivity contribution in [2.45, 2.75) is 33.0 Å². The highest BCUT2D eigenvalue weighted by atomic mass is 35.5. The monoisotopic (exact) mass is 399 g/mol. The molecule has 0 bridgehead atoms. The summed E-state index contributed by atoms with van der Waals surface area (Å²) in [5.41, 5.74) is 7.62. The van der Waals surface area contributed by atoms with E-state index in [4.69, 9.17) is 21.6 Å². The standard InChI is InChI=1S/C25H22ClN3/c1-16-7-5-12-23(27-16)25-21(13-18-10-6-11-22(26)24(18)28-25)17(2)29-14-19-8-3-4-9-20(19)15-29/h3-13,17H,14-15H2,1-2H3/t17-/m0/s1. The Kier molecular flexibility index (Phi) is 4.57. The lowest BCUT2D eigenvalue weighted by Gasteiger charge is -2.26. The second-order valence-electron chi connectivity index (χ2n) is 7.75. The molecular formula is C25H22ClN3. The third-order valence-corrected chi connectivity index (χ3v) is 6.13. The molecule has 0 amide bonds. The van der Waals surface area contributed by atoms with Gasteiger partial charge in [0.2, 0.25) is 0 Å². The Morgan fingerprint density at radius 3 is 2.34 bits per heavy atom. The van der Waals surface area contributed by atoms with Gasteiger partial charge in [0, 0.05) is 30.2 Å². The SMILES string of the molecule is Cc1cccc(-c2nc3c(Cl)cccc3cc2[C@H](C)N2Cc3ccccc3C2)n1. The van der Waals surface area contributed by atoms with E-state index in [1.54, 1.807) is 0 Å². The van der Waals surface area contributed by atoms with E-state index in [0.717, 1.165) is 41.1 Å². The molecule has 1 atom stereocenters. The maximum Gasteiger partial charge on any atom is 0.0942 e. The molecule has 0 fully saturated rings. The number of rotatable bonds is 3. The fourth-order valence-electron chi connectivity index (χ4n) is 4.21. The lowest BCUT2D eigenvalue weighted by molar-refractivity contribution is 0.215. The summed E-state index contributed by atoms with van der Waals surface area (Å²) in [5, 5.41) is 1.73. The molecule has 0 N–H and O–H groups in total. The van der Waals surface area contributed by atoms with E-state index in [9.17, 15) is 0 Å². The zero-order valence-electron chi connectivity index (χ0n) is 16.6. The van der Waals surface area contributed by atoms with E-state index in [1.165, 1.54) is 16.7 Å². The minimum atomic E-state index is 0.204. The number of nitrogens with zero attached hydrogens (tertiary/aromatic N) is 3. The fraction of sp³-hybridized carbons (Fsp3) is 0.200. The summed E-state index contributed by atoms with van der Waals surface area (Å²) in [4.78, 5) is 12.3. The molecule has 3 heterocycles. The van der Waals surface area contributed by atoms with Gasteiger partial charge in [-0.05, 0) is 54.8 Å². The van der Waals surface area contributed by atoms with Crippen molar-refractivity contribution in [3.8, 4) is 11.4 Å². The van der Waals surface area contributed by atoms with Gasteiger partial charge >= 0.3 is 0 Å². The van der Waals surface area contributed by atoms with Crippen molar-refractivity contribution in [3.63, 3.8) is 0 Å². The van der Waals surface area contributed by atoms with Crippen LogP contribution >= 0.6 is 11.6 Å². The summed E-state index contributed by atoms with van der Waals surface area (Å²) < 4.78 is 0. The molecule has 4 heteroatoms. The number of benzene rings is 2. The Hall–Kier alpha value is -2.75. The van der Waals surface area contributed by atoms with Crippen molar-refractivity contribution >= 4 is 22.5 Å². The van der Waals surface area contributed by atoms with Crippen molar-refractivity contribution in [2.24, 2.45) is 0 Å². The largest absolute Gasteiger partial charge is 0.288 e. The third-order valence-electron chi connectivity index (χ3n) is 5.82. The first-order valence-corrected chi connectivity index (χ1v) is 10.3. The molecule has 0 radical (unpaired) electrons. The summed E-state index contributed by atoms with van der Waals surface area (Å²) in [6.07, 6.45) is 0. The maximum absolute atomic E-state index is 6.47. The van der Waals surface area contributed by atoms with Crippen molar-refractivity contribution in [2.75, 3.05) is 0 Å². The summed E-state index contributed by atoms with van der Waals surface area (Å²) in [7, 11) is 0. The van der Waals surface area contributed by atoms with Crippen molar-refractivity contribution in [1.82, 2.24) is 14.9 Å². The Balaban J connectivity index is 1.65. The van der Waals surface area contributed by atoms with Gasteiger partial charge in [0.05, 0.1) is 21.9 Å². The van der Waals surface area contributed by atoms with Gasteiger partial charge in [0.25, 0.3) is 0 Å². The summed E-state index contributed by atoms with van der Waals surface area (Å²) in [6.45, 7) is 6.17. The van der Waals surface area contributed by atoms with Crippen molar-refractivity contribution < 1.29 is 0 Å². The van der Waals surface area contributed by atoms with Crippen molar-refractivity contribution in [1.29, 1.82) is 0 Å². The van der Waals surface area contributed by atoms with Gasteiger partial charge in [-0.2, -0.15) is 0 Å². The Labute approximate surface area is 176 Å². The molecule has 0 saturated heterocycles. The second-order valence-corrected chi connectivity index (χ2v) is 8.16. The van der Waals surface area contributed by atoms with Crippen LogP contribution in [0.5, 0.6) is 0 Å². The number of hydrogen-bond donors (Lipinski definition) is 0. The molecule has 0 unspecified atom stereocenters. The van der Waals surface area contributed by atoms with Gasteiger partial charge in [-0.1, -0.05) is 54.1 Å². The molecule has 0 aliphatic carbocycles. The summed E-state index contributed by atoms with van der Waals surface area (Å²) in [5.74, 6) is 0. The van der Waals surface area contributed by atoms with Crippen LogP contribution in [0.1, 0.15) is 35.3 Å². The number of aromatic nitrogens is 2. The number of fused-ring (bicyclic) bond motifs is 2. The van der Waals surface area contributed by atoms with Gasteiger partial charge in [0.1, 0.15) is 0 Å². The number of pyridine rings is 2. The average Bonchev–Trinajstić information content (AvgIpc) is 3.17. The minimum Gasteiger partial charge on any atom is -0.288 e. The topological polar surface area (TPSA) is 29.0 Å². The molecular weight excluding hydrogens is 378 g/mol. The van der Waals surface area contributed by atoms with Gasteiger partial charge in [-0.15, -0.1) is 0 Å². The highest BCUT2D eigenvalue weighted by molar-refractivity contribution is 6.35. The van der Waals surface area contributed by atoms with Crippen LogP contribution in [0, 0.1) is 6.92 Å². The Morgan fingerprint density at radius 2 is 1.62 bits per heavy atom. The minimum absolute atomic E-state index is 0.204. The van der Waals surface area contributed by atoms with Crippen LogP contribution in [0.15, 0.2) is 66.7 Å². The van der Waals surface area contributed by atoms with Gasteiger partial charge in [-0.25, -0.2) is 4.98 Å². The van der Waals surface area contributed by atoms with E-state index in [1.807, 2.05) is 37.3 Å². The number of aryl methyl sites for hydroxylation is 1. The fourth-order valence-corrected chi connectivity index (χ4v) is 4.43. The maximum atomic E-state index is 6.47. The summed E-state index contributed by atoms with van der Waals surface area (Å²) in [6, 6.07) is 23.2. The van der Waals surface area contributed by atoms with Gasteiger partial charge in [0.15, 0.2) is 0 Å². The van der Waals surface area contributed by atoms with Gasteiger partial charge < -0.3 is 0 Å². The highest BCUT2D eigenvalue weighted by Crippen LogP contribution is 2.37. The highest BCUT2D eigenvalue weighted by Gasteiger charge is 2.27. The molecule has 3 nitrogen and oxygen atoms in total. The van der Waals surface area contributed by atoms with Crippen LogP contribution in [0.3, 0.4) is 0 Å². The van der Waals surface area contributed by atoms with Crippen LogP contribution in [-0.2, 0) is 13.1 Å². The molecule has 2 aromatic carbocycles. The Morgan fingerprint density at radius 1 is 0.897 bits per heavy atom. The molecule has 0 spiro atoms. The van der Waals surface area contributed by atoms with Crippen LogP contribution in [0.25, 0.3) is 22.3 Å². The molecule has 0 saturated carbocycles. The van der Waals surface area contributed by atoms with Crippen LogP contribution in [-0.4, -0.2) is 14.9 Å². The zero-order chi connectivity index (χ0) is 20.0. The molecule has 144 valence electrons.